The van der Waals surface area contributed by atoms with Crippen molar-refractivity contribution in [2.45, 2.75) is 19.0 Å². The summed E-state index contributed by atoms with van der Waals surface area (Å²) >= 11 is 4.78. The molecule has 0 bridgehead atoms. The van der Waals surface area contributed by atoms with Crippen LogP contribution in [0.15, 0.2) is 26.6 Å². The maximum atomic E-state index is 12.1. The van der Waals surface area contributed by atoms with Crippen LogP contribution in [0.3, 0.4) is 0 Å². The van der Waals surface area contributed by atoms with Crippen molar-refractivity contribution < 1.29 is 9.47 Å². The normalized spacial score (nSPS) is 10.6. The lowest BCUT2D eigenvalue weighted by Crippen LogP contribution is -2.14. The standard InChI is InChI=1S/C17H18BrN3O3S/c1-9(2)8-24-15-12(18)5-10(6-13(15)23-3)14-11(7-19)16(22)21-17(20-14)25-4/h5-6,9H,8H2,1-4H3,(H,20,21,22). The molecule has 0 aliphatic heterocycles. The molecule has 2 rings (SSSR count). The number of rotatable bonds is 6. The first-order chi connectivity index (χ1) is 11.9. The molecule has 0 saturated carbocycles. The monoisotopic (exact) mass is 423 g/mol. The molecule has 1 aromatic carbocycles. The summed E-state index contributed by atoms with van der Waals surface area (Å²) in [5.74, 6) is 1.44. The molecule has 1 aromatic heterocycles. The highest BCUT2D eigenvalue weighted by atomic mass is 79.9. The van der Waals surface area contributed by atoms with E-state index < -0.39 is 5.56 Å². The van der Waals surface area contributed by atoms with E-state index in [0.717, 1.165) is 0 Å². The number of hydrogen-bond donors (Lipinski definition) is 1. The van der Waals surface area contributed by atoms with Crippen LogP contribution < -0.4 is 15.0 Å². The van der Waals surface area contributed by atoms with Gasteiger partial charge in [-0.05, 0) is 40.2 Å². The second kappa shape index (κ2) is 8.41. The molecule has 6 nitrogen and oxygen atoms in total. The van der Waals surface area contributed by atoms with Crippen LogP contribution in [0.2, 0.25) is 0 Å². The lowest BCUT2D eigenvalue weighted by molar-refractivity contribution is 0.255. The molecule has 8 heteroatoms. The molecular formula is C17H18BrN3O3S. The van der Waals surface area contributed by atoms with Gasteiger partial charge >= 0.3 is 0 Å². The summed E-state index contributed by atoms with van der Waals surface area (Å²) in [5.41, 5.74) is 0.401. The van der Waals surface area contributed by atoms with Crippen molar-refractivity contribution in [3.05, 3.63) is 32.5 Å². The summed E-state index contributed by atoms with van der Waals surface area (Å²) in [5, 5.41) is 9.77. The van der Waals surface area contributed by atoms with Crippen LogP contribution in [0.5, 0.6) is 11.5 Å². The lowest BCUT2D eigenvalue weighted by atomic mass is 10.1. The molecule has 25 heavy (non-hydrogen) atoms. The molecule has 0 atom stereocenters. The van der Waals surface area contributed by atoms with Crippen molar-refractivity contribution in [1.82, 2.24) is 9.97 Å². The van der Waals surface area contributed by atoms with Gasteiger partial charge in [-0.2, -0.15) is 5.26 Å². The Hall–Kier alpha value is -1.98. The number of thioether (sulfide) groups is 1. The average molecular weight is 424 g/mol. The topological polar surface area (TPSA) is 88.0 Å². The molecular weight excluding hydrogens is 406 g/mol. The lowest BCUT2D eigenvalue weighted by Gasteiger charge is -2.16. The Morgan fingerprint density at radius 1 is 1.44 bits per heavy atom. The minimum Gasteiger partial charge on any atom is -0.493 e. The fourth-order valence-corrected chi connectivity index (χ4v) is 3.04. The van der Waals surface area contributed by atoms with Crippen molar-refractivity contribution >= 4 is 27.7 Å². The first-order valence-electron chi connectivity index (χ1n) is 7.50. The maximum Gasteiger partial charge on any atom is 0.270 e. The van der Waals surface area contributed by atoms with Gasteiger partial charge in [0.25, 0.3) is 5.56 Å². The van der Waals surface area contributed by atoms with Gasteiger partial charge in [-0.25, -0.2) is 4.98 Å². The molecule has 1 heterocycles. The van der Waals surface area contributed by atoms with E-state index in [1.807, 2.05) is 6.07 Å². The van der Waals surface area contributed by atoms with Gasteiger partial charge in [-0.3, -0.25) is 4.79 Å². The Bertz CT molecular complexity index is 875. The molecule has 0 aliphatic carbocycles. The van der Waals surface area contributed by atoms with E-state index in [4.69, 9.17) is 9.47 Å². The van der Waals surface area contributed by atoms with Crippen LogP contribution in [0.1, 0.15) is 19.4 Å². The fourth-order valence-electron chi connectivity index (χ4n) is 2.11. The van der Waals surface area contributed by atoms with Crippen molar-refractivity contribution in [3.63, 3.8) is 0 Å². The van der Waals surface area contributed by atoms with Crippen molar-refractivity contribution in [2.75, 3.05) is 20.0 Å². The highest BCUT2D eigenvalue weighted by molar-refractivity contribution is 9.10. The Labute approximate surface area is 158 Å². The smallest absolute Gasteiger partial charge is 0.270 e. The molecule has 0 unspecified atom stereocenters. The van der Waals surface area contributed by atoms with Crippen LogP contribution in [-0.4, -0.2) is 29.9 Å². The Balaban J connectivity index is 2.62. The zero-order valence-electron chi connectivity index (χ0n) is 14.3. The summed E-state index contributed by atoms with van der Waals surface area (Å²) in [4.78, 5) is 19.1. The first-order valence-corrected chi connectivity index (χ1v) is 9.52. The van der Waals surface area contributed by atoms with Gasteiger partial charge in [-0.1, -0.05) is 25.6 Å². The highest BCUT2D eigenvalue weighted by Crippen LogP contribution is 2.40. The summed E-state index contributed by atoms with van der Waals surface area (Å²) in [6, 6.07) is 5.41. The van der Waals surface area contributed by atoms with E-state index in [1.165, 1.54) is 18.9 Å². The molecule has 0 saturated heterocycles. The number of nitrogens with one attached hydrogen (secondary N) is 1. The van der Waals surface area contributed by atoms with Gasteiger partial charge in [0.15, 0.2) is 16.7 Å². The molecule has 0 fully saturated rings. The third-order valence-electron chi connectivity index (χ3n) is 3.27. The molecule has 2 aromatic rings. The number of nitrogens with zero attached hydrogens (tertiary/aromatic N) is 2. The highest BCUT2D eigenvalue weighted by Gasteiger charge is 2.18. The van der Waals surface area contributed by atoms with Crippen LogP contribution in [0, 0.1) is 17.2 Å². The van der Waals surface area contributed by atoms with E-state index in [2.05, 4.69) is 39.7 Å². The second-order valence-electron chi connectivity index (χ2n) is 5.60. The number of benzene rings is 1. The first kappa shape index (κ1) is 19.3. The van der Waals surface area contributed by atoms with E-state index >= 15 is 0 Å². The Morgan fingerprint density at radius 2 is 2.16 bits per heavy atom. The van der Waals surface area contributed by atoms with Gasteiger partial charge in [0.1, 0.15) is 11.6 Å². The zero-order chi connectivity index (χ0) is 18.6. The van der Waals surface area contributed by atoms with E-state index in [0.29, 0.717) is 44.9 Å². The number of aromatic amines is 1. The quantitative estimate of drug-likeness (QED) is 0.560. The minimum atomic E-state index is -0.466. The van der Waals surface area contributed by atoms with Crippen LogP contribution in [0.4, 0.5) is 0 Å². The number of H-pyrrole nitrogens is 1. The van der Waals surface area contributed by atoms with Gasteiger partial charge in [0, 0.05) is 5.56 Å². The number of aromatic nitrogens is 2. The third-order valence-corrected chi connectivity index (χ3v) is 4.44. The minimum absolute atomic E-state index is 0.0393. The van der Waals surface area contributed by atoms with E-state index in [9.17, 15) is 10.1 Å². The van der Waals surface area contributed by atoms with Crippen molar-refractivity contribution in [3.8, 4) is 28.8 Å². The molecule has 0 amide bonds. The third kappa shape index (κ3) is 4.35. The summed E-state index contributed by atoms with van der Waals surface area (Å²) in [6.45, 7) is 4.65. The van der Waals surface area contributed by atoms with Gasteiger partial charge in [0.2, 0.25) is 0 Å². The van der Waals surface area contributed by atoms with Crippen molar-refractivity contribution in [1.29, 1.82) is 5.26 Å². The fraction of sp³-hybridized carbons (Fsp3) is 0.353. The zero-order valence-corrected chi connectivity index (χ0v) is 16.7. The largest absolute Gasteiger partial charge is 0.493 e. The van der Waals surface area contributed by atoms with Crippen LogP contribution in [0.25, 0.3) is 11.3 Å². The summed E-state index contributed by atoms with van der Waals surface area (Å²) < 4.78 is 11.9. The Morgan fingerprint density at radius 3 is 2.72 bits per heavy atom. The van der Waals surface area contributed by atoms with Gasteiger partial charge in [-0.15, -0.1) is 0 Å². The summed E-state index contributed by atoms with van der Waals surface area (Å²) in [7, 11) is 1.54. The summed E-state index contributed by atoms with van der Waals surface area (Å²) in [6.07, 6.45) is 1.80. The second-order valence-corrected chi connectivity index (χ2v) is 7.25. The molecule has 0 aliphatic rings. The maximum absolute atomic E-state index is 12.1. The van der Waals surface area contributed by atoms with Crippen LogP contribution >= 0.6 is 27.7 Å². The molecule has 132 valence electrons. The van der Waals surface area contributed by atoms with Gasteiger partial charge in [0.05, 0.1) is 23.9 Å². The van der Waals surface area contributed by atoms with Crippen LogP contribution in [-0.2, 0) is 0 Å². The number of halogens is 1. The van der Waals surface area contributed by atoms with Crippen molar-refractivity contribution in [2.24, 2.45) is 5.92 Å². The molecule has 0 spiro atoms. The number of nitriles is 1. The molecule has 0 radical (unpaired) electrons. The van der Waals surface area contributed by atoms with E-state index in [1.54, 1.807) is 18.4 Å². The number of hydrogen-bond acceptors (Lipinski definition) is 6. The van der Waals surface area contributed by atoms with Gasteiger partial charge < -0.3 is 14.5 Å². The predicted octanol–water partition coefficient (Wildman–Crippen LogP) is 3.84. The SMILES string of the molecule is COc1cc(-c2nc(SC)[nH]c(=O)c2C#N)cc(Br)c1OCC(C)C. The predicted molar refractivity (Wildman–Crippen MR) is 101 cm³/mol. The van der Waals surface area contributed by atoms with E-state index in [-0.39, 0.29) is 5.56 Å². The number of ether oxygens (including phenoxy) is 2. The number of methoxy groups -OCH3 is 1. The Kier molecular flexibility index (Phi) is 6.51. The average Bonchev–Trinajstić information content (AvgIpc) is 2.58. The molecule has 1 N–H and O–H groups in total.